The van der Waals surface area contributed by atoms with Crippen molar-refractivity contribution in [3.05, 3.63) is 46.2 Å². The fraction of sp³-hybridized carbons (Fsp3) is 0.222. The highest BCUT2D eigenvalue weighted by Crippen LogP contribution is 2.31. The quantitative estimate of drug-likeness (QED) is 0.731. The van der Waals surface area contributed by atoms with Gasteiger partial charge in [-0.1, -0.05) is 11.6 Å². The van der Waals surface area contributed by atoms with Crippen molar-refractivity contribution < 1.29 is 0 Å². The molecule has 0 atom stereocenters. The summed E-state index contributed by atoms with van der Waals surface area (Å²) in [5.74, 6) is 0.504. The number of imidazole rings is 1. The number of rotatable bonds is 4. The summed E-state index contributed by atoms with van der Waals surface area (Å²) in [6, 6.07) is 9.92. The van der Waals surface area contributed by atoms with E-state index in [0.717, 1.165) is 24.1 Å². The molecule has 1 aliphatic rings. The van der Waals surface area contributed by atoms with Gasteiger partial charge in [0.1, 0.15) is 6.07 Å². The van der Waals surface area contributed by atoms with E-state index >= 15 is 0 Å². The molecule has 1 saturated carbocycles. The van der Waals surface area contributed by atoms with Crippen LogP contribution in [0.3, 0.4) is 0 Å². The SMILES string of the molecule is Cc1cc(Cl)c(Nc2cc(NC3CC3)c3ncc(C#N)n3n2)cc1C#N. The standard InChI is InChI=1S/C18H14ClN7/c1-10-4-14(19)15(5-11(10)7-20)24-17-6-16(23-12-2-3-12)18-22-9-13(8-21)26(18)25-17/h4-6,9,12,23H,2-3H2,1H3,(H,24,25). The van der Waals surface area contributed by atoms with Gasteiger partial charge in [0.2, 0.25) is 0 Å². The summed E-state index contributed by atoms with van der Waals surface area (Å²) in [5.41, 5.74) is 3.67. The van der Waals surface area contributed by atoms with E-state index < -0.39 is 0 Å². The average molecular weight is 364 g/mol. The lowest BCUT2D eigenvalue weighted by Crippen LogP contribution is -2.08. The molecule has 0 spiro atoms. The summed E-state index contributed by atoms with van der Waals surface area (Å²) in [4.78, 5) is 4.29. The Morgan fingerprint density at radius 3 is 2.69 bits per heavy atom. The Morgan fingerprint density at radius 2 is 2.00 bits per heavy atom. The van der Waals surface area contributed by atoms with Crippen molar-refractivity contribution in [1.29, 1.82) is 10.5 Å². The van der Waals surface area contributed by atoms with E-state index in [1.54, 1.807) is 12.1 Å². The van der Waals surface area contributed by atoms with Gasteiger partial charge in [0.05, 0.1) is 34.2 Å². The third kappa shape index (κ3) is 2.90. The van der Waals surface area contributed by atoms with Gasteiger partial charge in [0.15, 0.2) is 17.2 Å². The van der Waals surface area contributed by atoms with Crippen LogP contribution in [0.5, 0.6) is 0 Å². The van der Waals surface area contributed by atoms with E-state index in [-0.39, 0.29) is 0 Å². The van der Waals surface area contributed by atoms with E-state index in [4.69, 9.17) is 11.6 Å². The smallest absolute Gasteiger partial charge is 0.178 e. The Balaban J connectivity index is 1.79. The van der Waals surface area contributed by atoms with Crippen LogP contribution in [0, 0.1) is 29.6 Å². The number of benzene rings is 1. The van der Waals surface area contributed by atoms with Crippen LogP contribution in [0.1, 0.15) is 29.7 Å². The number of nitriles is 2. The number of nitrogens with zero attached hydrogens (tertiary/aromatic N) is 5. The average Bonchev–Trinajstić information content (AvgIpc) is 3.34. The first-order chi connectivity index (χ1) is 12.6. The highest BCUT2D eigenvalue weighted by Gasteiger charge is 2.23. The van der Waals surface area contributed by atoms with Gasteiger partial charge in [0, 0.05) is 12.1 Å². The molecule has 0 aliphatic heterocycles. The number of hydrogen-bond donors (Lipinski definition) is 2. The normalized spacial score (nSPS) is 13.2. The maximum atomic E-state index is 9.28. The zero-order valence-corrected chi connectivity index (χ0v) is 14.7. The Morgan fingerprint density at radius 1 is 1.19 bits per heavy atom. The molecule has 1 aliphatic carbocycles. The Bertz CT molecular complexity index is 1100. The minimum atomic E-state index is 0.343. The monoisotopic (exact) mass is 363 g/mol. The first-order valence-corrected chi connectivity index (χ1v) is 8.49. The molecular weight excluding hydrogens is 350 g/mol. The molecule has 2 heterocycles. The number of fused-ring (bicyclic) bond motifs is 1. The van der Waals surface area contributed by atoms with Gasteiger partial charge in [-0.3, -0.25) is 0 Å². The molecule has 0 saturated heterocycles. The van der Waals surface area contributed by atoms with Crippen LogP contribution in [-0.4, -0.2) is 20.6 Å². The summed E-state index contributed by atoms with van der Waals surface area (Å²) in [6.07, 6.45) is 3.72. The summed E-state index contributed by atoms with van der Waals surface area (Å²) < 4.78 is 1.50. The molecule has 3 aromatic rings. The minimum Gasteiger partial charge on any atom is -0.379 e. The zero-order chi connectivity index (χ0) is 18.3. The molecule has 7 nitrogen and oxygen atoms in total. The maximum Gasteiger partial charge on any atom is 0.178 e. The lowest BCUT2D eigenvalue weighted by molar-refractivity contribution is 0.924. The topological polar surface area (TPSA) is 102 Å². The van der Waals surface area contributed by atoms with Crippen molar-refractivity contribution in [1.82, 2.24) is 14.6 Å². The molecule has 4 rings (SSSR count). The minimum absolute atomic E-state index is 0.343. The van der Waals surface area contributed by atoms with Crippen molar-refractivity contribution in [2.75, 3.05) is 10.6 Å². The fourth-order valence-electron chi connectivity index (χ4n) is 2.69. The van der Waals surface area contributed by atoms with E-state index in [0.29, 0.717) is 39.5 Å². The predicted molar refractivity (Wildman–Crippen MR) is 98.5 cm³/mol. The molecule has 2 N–H and O–H groups in total. The summed E-state index contributed by atoms with van der Waals surface area (Å²) >= 11 is 6.31. The lowest BCUT2D eigenvalue weighted by atomic mass is 10.1. The molecule has 128 valence electrons. The molecule has 0 amide bonds. The van der Waals surface area contributed by atoms with Crippen LogP contribution >= 0.6 is 11.6 Å². The second kappa shape index (κ2) is 6.21. The van der Waals surface area contributed by atoms with E-state index in [2.05, 4.69) is 32.9 Å². The predicted octanol–water partition coefficient (Wildman–Crippen LogP) is 3.75. The number of nitrogens with one attached hydrogen (secondary N) is 2. The van der Waals surface area contributed by atoms with Gasteiger partial charge in [-0.05, 0) is 37.5 Å². The van der Waals surface area contributed by atoms with Crippen molar-refractivity contribution in [3.63, 3.8) is 0 Å². The van der Waals surface area contributed by atoms with Gasteiger partial charge >= 0.3 is 0 Å². The molecule has 8 heteroatoms. The van der Waals surface area contributed by atoms with Gasteiger partial charge in [-0.15, -0.1) is 5.10 Å². The van der Waals surface area contributed by atoms with Crippen LogP contribution in [0.25, 0.3) is 5.65 Å². The Labute approximate surface area is 154 Å². The summed E-state index contributed by atoms with van der Waals surface area (Å²) in [5, 5.41) is 30.0. The molecule has 26 heavy (non-hydrogen) atoms. The Kier molecular flexibility index (Phi) is 3.87. The largest absolute Gasteiger partial charge is 0.379 e. The van der Waals surface area contributed by atoms with Crippen LogP contribution in [0.15, 0.2) is 24.4 Å². The van der Waals surface area contributed by atoms with Crippen molar-refractivity contribution >= 4 is 34.4 Å². The molecule has 0 unspecified atom stereocenters. The van der Waals surface area contributed by atoms with Crippen LogP contribution in [-0.2, 0) is 0 Å². The summed E-state index contributed by atoms with van der Waals surface area (Å²) in [7, 11) is 0. The highest BCUT2D eigenvalue weighted by atomic mass is 35.5. The molecule has 2 aromatic heterocycles. The summed E-state index contributed by atoms with van der Waals surface area (Å²) in [6.45, 7) is 1.83. The fourth-order valence-corrected chi connectivity index (χ4v) is 2.95. The van der Waals surface area contributed by atoms with E-state index in [1.807, 2.05) is 13.0 Å². The number of aromatic nitrogens is 3. The number of aryl methyl sites for hydroxylation is 1. The van der Waals surface area contributed by atoms with Crippen molar-refractivity contribution in [3.8, 4) is 12.1 Å². The van der Waals surface area contributed by atoms with Crippen molar-refractivity contribution in [2.45, 2.75) is 25.8 Å². The van der Waals surface area contributed by atoms with Crippen LogP contribution in [0.2, 0.25) is 5.02 Å². The molecule has 1 aromatic carbocycles. The first kappa shape index (κ1) is 16.2. The third-order valence-corrected chi connectivity index (χ3v) is 4.53. The molecular formula is C18H14ClN7. The third-order valence-electron chi connectivity index (χ3n) is 4.22. The molecule has 0 radical (unpaired) electrons. The van der Waals surface area contributed by atoms with Gasteiger partial charge in [-0.25, -0.2) is 4.98 Å². The molecule has 0 bridgehead atoms. The zero-order valence-electron chi connectivity index (χ0n) is 13.9. The number of halogens is 1. The van der Waals surface area contributed by atoms with Crippen LogP contribution < -0.4 is 10.6 Å². The van der Waals surface area contributed by atoms with Crippen LogP contribution in [0.4, 0.5) is 17.2 Å². The number of hydrogen-bond acceptors (Lipinski definition) is 6. The second-order valence-electron chi connectivity index (χ2n) is 6.24. The van der Waals surface area contributed by atoms with Crippen molar-refractivity contribution in [2.24, 2.45) is 0 Å². The Hall–Kier alpha value is -3.29. The first-order valence-electron chi connectivity index (χ1n) is 8.11. The second-order valence-corrected chi connectivity index (χ2v) is 6.64. The van der Waals surface area contributed by atoms with Gasteiger partial charge in [-0.2, -0.15) is 15.0 Å². The number of anilines is 3. The van der Waals surface area contributed by atoms with E-state index in [1.165, 1.54) is 10.7 Å². The lowest BCUT2D eigenvalue weighted by Gasteiger charge is -2.13. The van der Waals surface area contributed by atoms with Gasteiger partial charge < -0.3 is 10.6 Å². The highest BCUT2D eigenvalue weighted by molar-refractivity contribution is 6.33. The van der Waals surface area contributed by atoms with Gasteiger partial charge in [0.25, 0.3) is 0 Å². The van der Waals surface area contributed by atoms with E-state index in [9.17, 15) is 10.5 Å². The maximum absolute atomic E-state index is 9.28. The molecule has 1 fully saturated rings.